The number of aryl methyl sites for hydroxylation is 1. The maximum Gasteiger partial charge on any atom is 0.325 e. The van der Waals surface area contributed by atoms with Crippen molar-refractivity contribution in [2.75, 3.05) is 36.5 Å². The second-order valence-electron chi connectivity index (χ2n) is 6.66. The van der Waals surface area contributed by atoms with Crippen molar-refractivity contribution in [1.29, 1.82) is 0 Å². The number of amides is 3. The Bertz CT molecular complexity index is 1030. The molecule has 10 heteroatoms. The van der Waals surface area contributed by atoms with Crippen LogP contribution in [0.5, 0.6) is 0 Å². The van der Waals surface area contributed by atoms with Gasteiger partial charge >= 0.3 is 6.03 Å². The Morgan fingerprint density at radius 2 is 2.17 bits per heavy atom. The predicted octanol–water partition coefficient (Wildman–Crippen LogP) is 1.09. The Morgan fingerprint density at radius 1 is 1.31 bits per heavy atom. The summed E-state index contributed by atoms with van der Waals surface area (Å²) in [5.41, 5.74) is 1.74. The van der Waals surface area contributed by atoms with Crippen LogP contribution in [-0.4, -0.2) is 67.5 Å². The summed E-state index contributed by atoms with van der Waals surface area (Å²) in [4.78, 5) is 32.5. The minimum Gasteiger partial charge on any atom is -0.395 e. The van der Waals surface area contributed by atoms with E-state index in [1.54, 1.807) is 59.7 Å². The van der Waals surface area contributed by atoms with Crippen LogP contribution in [0.25, 0.3) is 5.69 Å². The number of nitrogens with zero attached hydrogens (tertiary/aromatic N) is 6. The SMILES string of the molecule is Cn1cc(NC(=O)c2cccc(-n3ccnc3)c2)c(N2CCN(CCO)C2=O)n1. The molecule has 2 N–H and O–H groups in total. The topological polar surface area (TPSA) is 109 Å². The van der Waals surface area contributed by atoms with Gasteiger partial charge in [-0.2, -0.15) is 5.10 Å². The summed E-state index contributed by atoms with van der Waals surface area (Å²) >= 11 is 0. The molecule has 1 aromatic carbocycles. The molecule has 0 spiro atoms. The van der Waals surface area contributed by atoms with Crippen LogP contribution in [0.4, 0.5) is 16.3 Å². The van der Waals surface area contributed by atoms with Gasteiger partial charge in [0.15, 0.2) is 5.82 Å². The third kappa shape index (κ3) is 3.69. The molecule has 3 heterocycles. The lowest BCUT2D eigenvalue weighted by atomic mass is 10.2. The first kappa shape index (κ1) is 18.7. The number of rotatable bonds is 6. The summed E-state index contributed by atoms with van der Waals surface area (Å²) in [5.74, 6) is 0.0807. The van der Waals surface area contributed by atoms with Gasteiger partial charge in [0, 0.05) is 50.3 Å². The lowest BCUT2D eigenvalue weighted by Crippen LogP contribution is -2.34. The molecule has 2 aromatic heterocycles. The minimum absolute atomic E-state index is 0.0986. The number of urea groups is 1. The third-order valence-corrected chi connectivity index (χ3v) is 4.69. The first-order valence-electron chi connectivity index (χ1n) is 9.17. The fraction of sp³-hybridized carbons (Fsp3) is 0.263. The number of aliphatic hydroxyl groups is 1. The average molecular weight is 395 g/mol. The molecule has 0 radical (unpaired) electrons. The van der Waals surface area contributed by atoms with Crippen LogP contribution in [0.1, 0.15) is 10.4 Å². The Kier molecular flexibility index (Phi) is 5.00. The lowest BCUT2D eigenvalue weighted by molar-refractivity contribution is 0.102. The number of anilines is 2. The van der Waals surface area contributed by atoms with E-state index < -0.39 is 0 Å². The Labute approximate surface area is 167 Å². The molecule has 0 bridgehead atoms. The van der Waals surface area contributed by atoms with Gasteiger partial charge in [-0.1, -0.05) is 6.07 Å². The standard InChI is InChI=1S/C19H21N7O3/c1-23-12-16(17(22-23)26-8-7-24(9-10-27)19(26)29)21-18(28)14-3-2-4-15(11-14)25-6-5-20-13-25/h2-6,11-13,27H,7-10H2,1H3,(H,21,28). The van der Waals surface area contributed by atoms with Crippen molar-refractivity contribution in [3.8, 4) is 5.69 Å². The number of aliphatic hydroxyl groups excluding tert-OH is 1. The van der Waals surface area contributed by atoms with Crippen molar-refractivity contribution in [1.82, 2.24) is 24.2 Å². The smallest absolute Gasteiger partial charge is 0.325 e. The quantitative estimate of drug-likeness (QED) is 0.650. The van der Waals surface area contributed by atoms with E-state index in [4.69, 9.17) is 5.11 Å². The molecule has 1 aliphatic heterocycles. The number of benzene rings is 1. The summed E-state index contributed by atoms with van der Waals surface area (Å²) in [6.45, 7) is 1.11. The first-order chi connectivity index (χ1) is 14.1. The second kappa shape index (κ2) is 7.76. The van der Waals surface area contributed by atoms with Gasteiger partial charge in [0.1, 0.15) is 5.69 Å². The van der Waals surface area contributed by atoms with Gasteiger partial charge < -0.3 is 19.9 Å². The first-order valence-corrected chi connectivity index (χ1v) is 9.17. The van der Waals surface area contributed by atoms with Crippen LogP contribution in [0.2, 0.25) is 0 Å². The molecule has 1 fully saturated rings. The molecular weight excluding hydrogens is 374 g/mol. The van der Waals surface area contributed by atoms with Gasteiger partial charge in [-0.3, -0.25) is 14.4 Å². The van der Waals surface area contributed by atoms with E-state index in [2.05, 4.69) is 15.4 Å². The summed E-state index contributed by atoms with van der Waals surface area (Å²) in [7, 11) is 1.73. The van der Waals surface area contributed by atoms with Crippen molar-refractivity contribution in [2.24, 2.45) is 7.05 Å². The highest BCUT2D eigenvalue weighted by atomic mass is 16.3. The number of carbonyl (C=O) groups excluding carboxylic acids is 2. The van der Waals surface area contributed by atoms with Crippen molar-refractivity contribution in [3.63, 3.8) is 0 Å². The van der Waals surface area contributed by atoms with Crippen molar-refractivity contribution in [3.05, 3.63) is 54.7 Å². The zero-order chi connectivity index (χ0) is 20.4. The zero-order valence-electron chi connectivity index (χ0n) is 15.9. The fourth-order valence-corrected chi connectivity index (χ4v) is 3.29. The van der Waals surface area contributed by atoms with Gasteiger partial charge in [0.05, 0.1) is 19.1 Å². The molecule has 0 atom stereocenters. The molecule has 0 unspecified atom stereocenters. The van der Waals surface area contributed by atoms with Crippen LogP contribution >= 0.6 is 0 Å². The van der Waals surface area contributed by atoms with Crippen molar-refractivity contribution in [2.45, 2.75) is 0 Å². The number of imidazole rings is 1. The van der Waals surface area contributed by atoms with E-state index >= 15 is 0 Å². The van der Waals surface area contributed by atoms with E-state index in [1.165, 1.54) is 4.90 Å². The van der Waals surface area contributed by atoms with Crippen molar-refractivity contribution < 1.29 is 14.7 Å². The number of hydrogen-bond acceptors (Lipinski definition) is 5. The molecule has 3 aromatic rings. The van der Waals surface area contributed by atoms with Crippen LogP contribution in [0.3, 0.4) is 0 Å². The van der Waals surface area contributed by atoms with Crippen LogP contribution in [0.15, 0.2) is 49.2 Å². The Balaban J connectivity index is 1.56. The predicted molar refractivity (Wildman–Crippen MR) is 106 cm³/mol. The summed E-state index contributed by atoms with van der Waals surface area (Å²) in [6.07, 6.45) is 6.79. The van der Waals surface area contributed by atoms with Crippen LogP contribution < -0.4 is 10.2 Å². The number of nitrogens with one attached hydrogen (secondary N) is 1. The number of hydrogen-bond donors (Lipinski definition) is 2. The lowest BCUT2D eigenvalue weighted by Gasteiger charge is -2.17. The van der Waals surface area contributed by atoms with Gasteiger partial charge in [-0.25, -0.2) is 9.78 Å². The van der Waals surface area contributed by atoms with E-state index in [1.807, 2.05) is 10.6 Å². The normalized spacial score (nSPS) is 13.9. The van der Waals surface area contributed by atoms with Gasteiger partial charge in [-0.05, 0) is 18.2 Å². The van der Waals surface area contributed by atoms with E-state index in [9.17, 15) is 9.59 Å². The molecule has 1 saturated heterocycles. The molecular formula is C19H21N7O3. The zero-order valence-corrected chi connectivity index (χ0v) is 15.9. The molecule has 29 heavy (non-hydrogen) atoms. The third-order valence-electron chi connectivity index (χ3n) is 4.69. The van der Waals surface area contributed by atoms with Gasteiger partial charge in [0.2, 0.25) is 0 Å². The Morgan fingerprint density at radius 3 is 2.93 bits per heavy atom. The van der Waals surface area contributed by atoms with E-state index in [0.717, 1.165) is 5.69 Å². The molecule has 0 aliphatic carbocycles. The summed E-state index contributed by atoms with van der Waals surface area (Å²) < 4.78 is 3.36. The van der Waals surface area contributed by atoms with Gasteiger partial charge in [0.25, 0.3) is 5.91 Å². The highest BCUT2D eigenvalue weighted by molar-refractivity contribution is 6.07. The molecule has 1 aliphatic rings. The Hall–Kier alpha value is -3.66. The van der Waals surface area contributed by atoms with E-state index in [-0.39, 0.29) is 25.1 Å². The van der Waals surface area contributed by atoms with E-state index in [0.29, 0.717) is 30.2 Å². The maximum absolute atomic E-state index is 12.8. The molecule has 10 nitrogen and oxygen atoms in total. The highest BCUT2D eigenvalue weighted by Gasteiger charge is 2.32. The van der Waals surface area contributed by atoms with Gasteiger partial charge in [-0.15, -0.1) is 0 Å². The van der Waals surface area contributed by atoms with Crippen LogP contribution in [0, 0.1) is 0 Å². The molecule has 3 amide bonds. The van der Waals surface area contributed by atoms with Crippen LogP contribution in [-0.2, 0) is 7.05 Å². The largest absolute Gasteiger partial charge is 0.395 e. The number of β-amino-alcohol motifs (C(OH)–C–C–N with tert-alkyl or cyclic N) is 1. The molecule has 0 saturated carbocycles. The van der Waals surface area contributed by atoms with Crippen molar-refractivity contribution >= 4 is 23.4 Å². The monoisotopic (exact) mass is 395 g/mol. The maximum atomic E-state index is 12.8. The second-order valence-corrected chi connectivity index (χ2v) is 6.66. The number of aromatic nitrogens is 4. The molecule has 150 valence electrons. The summed E-state index contributed by atoms with van der Waals surface area (Å²) in [6, 6.07) is 6.92. The average Bonchev–Trinajstić information content (AvgIpc) is 3.44. The fourth-order valence-electron chi connectivity index (χ4n) is 3.29. The highest BCUT2D eigenvalue weighted by Crippen LogP contribution is 2.27. The molecule has 4 rings (SSSR count). The number of carbonyl (C=O) groups is 2. The summed E-state index contributed by atoms with van der Waals surface area (Å²) in [5, 5.41) is 16.3. The minimum atomic E-state index is -0.305.